The molecule has 0 aromatic heterocycles. The highest BCUT2D eigenvalue weighted by molar-refractivity contribution is 9.10. The van der Waals surface area contributed by atoms with Crippen molar-refractivity contribution in [2.45, 2.75) is 26.7 Å². The minimum Gasteiger partial charge on any atom is -0.492 e. The molecular weight excluding hydrogens is 408 g/mol. The van der Waals surface area contributed by atoms with Gasteiger partial charge in [-0.1, -0.05) is 41.4 Å². The molecule has 5 nitrogen and oxygen atoms in total. The van der Waals surface area contributed by atoms with E-state index in [9.17, 15) is 9.59 Å². The number of hydrogen-bond donors (Lipinski definition) is 0. The monoisotopic (exact) mass is 430 g/mol. The van der Waals surface area contributed by atoms with Gasteiger partial charge in [-0.3, -0.25) is 9.59 Å². The van der Waals surface area contributed by atoms with Gasteiger partial charge < -0.3 is 14.5 Å². The lowest BCUT2D eigenvalue weighted by molar-refractivity contribution is -0.141. The topological polar surface area (TPSA) is 49.9 Å². The number of halogens is 2. The molecule has 1 heterocycles. The van der Waals surface area contributed by atoms with E-state index in [1.54, 1.807) is 12.1 Å². The Bertz CT molecular complexity index is 616. The van der Waals surface area contributed by atoms with Gasteiger partial charge in [-0.2, -0.15) is 0 Å². The molecule has 1 aliphatic heterocycles. The summed E-state index contributed by atoms with van der Waals surface area (Å²) in [4.78, 5) is 27.9. The number of carbonyl (C=O) groups is 2. The van der Waals surface area contributed by atoms with E-state index < -0.39 is 0 Å². The first-order valence-corrected chi connectivity index (χ1v) is 9.70. The van der Waals surface area contributed by atoms with Gasteiger partial charge in [-0.05, 0) is 24.6 Å². The van der Waals surface area contributed by atoms with Gasteiger partial charge in [-0.25, -0.2) is 0 Å². The standard InChI is InChI=1S/C18H24BrClN2O3/c1-13(2)18(24)22-9-7-21(8-10-22)17(23)4-3-11-25-16-6-5-14(19)12-15(16)20/h5-6,12-13H,3-4,7-11H2,1-2H3. The second kappa shape index (κ2) is 9.43. The van der Waals surface area contributed by atoms with Crippen molar-refractivity contribution in [2.24, 2.45) is 5.92 Å². The SMILES string of the molecule is CC(C)C(=O)N1CCN(C(=O)CCCOc2ccc(Br)cc2Cl)CC1. The third-order valence-corrected chi connectivity index (χ3v) is 4.91. The molecule has 1 aromatic rings. The Labute approximate surface area is 162 Å². The zero-order valence-electron chi connectivity index (χ0n) is 14.6. The largest absolute Gasteiger partial charge is 0.492 e. The summed E-state index contributed by atoms with van der Waals surface area (Å²) in [5.41, 5.74) is 0. The van der Waals surface area contributed by atoms with Gasteiger partial charge in [0.1, 0.15) is 5.75 Å². The Morgan fingerprint density at radius 3 is 2.44 bits per heavy atom. The van der Waals surface area contributed by atoms with Crippen molar-refractivity contribution in [3.05, 3.63) is 27.7 Å². The number of piperazine rings is 1. The molecule has 138 valence electrons. The number of rotatable bonds is 6. The van der Waals surface area contributed by atoms with Crippen LogP contribution in [0.5, 0.6) is 5.75 Å². The Hall–Kier alpha value is -1.27. The molecule has 0 unspecified atom stereocenters. The van der Waals surface area contributed by atoms with E-state index in [0.717, 1.165) is 4.47 Å². The van der Waals surface area contributed by atoms with Crippen molar-refractivity contribution in [1.29, 1.82) is 0 Å². The molecule has 0 aliphatic carbocycles. The van der Waals surface area contributed by atoms with E-state index in [1.165, 1.54) is 0 Å². The molecular formula is C18H24BrClN2O3. The van der Waals surface area contributed by atoms with Gasteiger partial charge >= 0.3 is 0 Å². The zero-order chi connectivity index (χ0) is 18.4. The van der Waals surface area contributed by atoms with E-state index in [2.05, 4.69) is 15.9 Å². The second-order valence-electron chi connectivity index (χ2n) is 6.39. The molecule has 0 radical (unpaired) electrons. The maximum Gasteiger partial charge on any atom is 0.225 e. The van der Waals surface area contributed by atoms with E-state index in [-0.39, 0.29) is 17.7 Å². The summed E-state index contributed by atoms with van der Waals surface area (Å²) in [6, 6.07) is 5.45. The van der Waals surface area contributed by atoms with Crippen LogP contribution in [0.4, 0.5) is 0 Å². The zero-order valence-corrected chi connectivity index (χ0v) is 17.0. The summed E-state index contributed by atoms with van der Waals surface area (Å²) in [6.45, 7) is 6.70. The fourth-order valence-corrected chi connectivity index (χ4v) is 3.43. The van der Waals surface area contributed by atoms with Crippen LogP contribution in [-0.2, 0) is 9.59 Å². The van der Waals surface area contributed by atoms with Crippen LogP contribution in [0.3, 0.4) is 0 Å². The predicted molar refractivity (Wildman–Crippen MR) is 102 cm³/mol. The average Bonchev–Trinajstić information content (AvgIpc) is 2.59. The highest BCUT2D eigenvalue weighted by Crippen LogP contribution is 2.27. The molecule has 1 fully saturated rings. The summed E-state index contributed by atoms with van der Waals surface area (Å²) >= 11 is 9.44. The van der Waals surface area contributed by atoms with Crippen LogP contribution < -0.4 is 4.74 Å². The summed E-state index contributed by atoms with van der Waals surface area (Å²) < 4.78 is 6.53. The first kappa shape index (κ1) is 20.0. The van der Waals surface area contributed by atoms with Gasteiger partial charge in [0.05, 0.1) is 11.6 Å². The molecule has 0 N–H and O–H groups in total. The summed E-state index contributed by atoms with van der Waals surface area (Å²) in [5.74, 6) is 0.900. The minimum absolute atomic E-state index is 0.00448. The fraction of sp³-hybridized carbons (Fsp3) is 0.556. The lowest BCUT2D eigenvalue weighted by Crippen LogP contribution is -2.51. The summed E-state index contributed by atoms with van der Waals surface area (Å²) in [5, 5.41) is 0.548. The van der Waals surface area contributed by atoms with Crippen molar-refractivity contribution in [1.82, 2.24) is 9.80 Å². The Morgan fingerprint density at radius 2 is 1.84 bits per heavy atom. The van der Waals surface area contributed by atoms with Gasteiger partial charge in [0, 0.05) is 43.0 Å². The average molecular weight is 432 g/mol. The van der Waals surface area contributed by atoms with Crippen LogP contribution in [0.15, 0.2) is 22.7 Å². The van der Waals surface area contributed by atoms with E-state index in [1.807, 2.05) is 29.7 Å². The minimum atomic E-state index is 0.00448. The molecule has 2 rings (SSSR count). The molecule has 1 aromatic carbocycles. The molecule has 1 aliphatic rings. The van der Waals surface area contributed by atoms with Crippen molar-refractivity contribution >= 4 is 39.3 Å². The maximum atomic E-state index is 12.3. The molecule has 0 spiro atoms. The van der Waals surface area contributed by atoms with E-state index in [4.69, 9.17) is 16.3 Å². The second-order valence-corrected chi connectivity index (χ2v) is 7.71. The summed E-state index contributed by atoms with van der Waals surface area (Å²) in [7, 11) is 0. The van der Waals surface area contributed by atoms with Gasteiger partial charge in [0.25, 0.3) is 0 Å². The Balaban J connectivity index is 1.68. The van der Waals surface area contributed by atoms with Crippen LogP contribution in [0.25, 0.3) is 0 Å². The lowest BCUT2D eigenvalue weighted by atomic mass is 10.1. The van der Waals surface area contributed by atoms with Crippen molar-refractivity contribution in [3.63, 3.8) is 0 Å². The predicted octanol–water partition coefficient (Wildman–Crippen LogP) is 3.59. The third-order valence-electron chi connectivity index (χ3n) is 4.12. The molecule has 25 heavy (non-hydrogen) atoms. The van der Waals surface area contributed by atoms with E-state index in [0.29, 0.717) is 56.4 Å². The summed E-state index contributed by atoms with van der Waals surface area (Å²) in [6.07, 6.45) is 1.07. The Kier molecular flexibility index (Phi) is 7.56. The van der Waals surface area contributed by atoms with Crippen molar-refractivity contribution in [2.75, 3.05) is 32.8 Å². The van der Waals surface area contributed by atoms with Gasteiger partial charge in [0.15, 0.2) is 0 Å². The molecule has 7 heteroatoms. The lowest BCUT2D eigenvalue weighted by Gasteiger charge is -2.35. The fourth-order valence-electron chi connectivity index (χ4n) is 2.70. The molecule has 2 amide bonds. The quantitative estimate of drug-likeness (QED) is 0.647. The first-order valence-electron chi connectivity index (χ1n) is 8.53. The van der Waals surface area contributed by atoms with Crippen molar-refractivity contribution < 1.29 is 14.3 Å². The molecule has 1 saturated heterocycles. The highest BCUT2D eigenvalue weighted by atomic mass is 79.9. The number of benzene rings is 1. The van der Waals surface area contributed by atoms with Crippen LogP contribution in [0.1, 0.15) is 26.7 Å². The normalized spacial score (nSPS) is 14.8. The molecule has 0 atom stereocenters. The smallest absolute Gasteiger partial charge is 0.225 e. The first-order chi connectivity index (χ1) is 11.9. The van der Waals surface area contributed by atoms with Gasteiger partial charge in [0.2, 0.25) is 11.8 Å². The third kappa shape index (κ3) is 5.89. The molecule has 0 bridgehead atoms. The van der Waals surface area contributed by atoms with Crippen LogP contribution in [-0.4, -0.2) is 54.4 Å². The number of ether oxygens (including phenoxy) is 1. The maximum absolute atomic E-state index is 12.3. The van der Waals surface area contributed by atoms with Gasteiger partial charge in [-0.15, -0.1) is 0 Å². The molecule has 0 saturated carbocycles. The van der Waals surface area contributed by atoms with Crippen molar-refractivity contribution in [3.8, 4) is 5.75 Å². The number of amides is 2. The highest BCUT2D eigenvalue weighted by Gasteiger charge is 2.24. The van der Waals surface area contributed by atoms with E-state index >= 15 is 0 Å². The number of nitrogens with zero attached hydrogens (tertiary/aromatic N) is 2. The number of hydrogen-bond acceptors (Lipinski definition) is 3. The van der Waals surface area contributed by atoms with Crippen LogP contribution in [0.2, 0.25) is 5.02 Å². The number of carbonyl (C=O) groups excluding carboxylic acids is 2. The Morgan fingerprint density at radius 1 is 1.20 bits per heavy atom. The van der Waals surface area contributed by atoms with Crippen LogP contribution in [0, 0.1) is 5.92 Å². The van der Waals surface area contributed by atoms with Crippen LogP contribution >= 0.6 is 27.5 Å².